The van der Waals surface area contributed by atoms with E-state index in [1.165, 1.54) is 34.0 Å². The van der Waals surface area contributed by atoms with Crippen molar-refractivity contribution in [3.8, 4) is 5.95 Å². The van der Waals surface area contributed by atoms with Gasteiger partial charge in [-0.1, -0.05) is 12.1 Å². The average Bonchev–Trinajstić information content (AvgIpc) is 3.52. The van der Waals surface area contributed by atoms with Gasteiger partial charge in [0.2, 0.25) is 0 Å². The first-order valence-corrected chi connectivity index (χ1v) is 10.3. The van der Waals surface area contributed by atoms with E-state index in [0.29, 0.717) is 17.9 Å². The first kappa shape index (κ1) is 16.7. The van der Waals surface area contributed by atoms with Crippen LogP contribution in [-0.4, -0.2) is 24.3 Å². The highest BCUT2D eigenvalue weighted by Gasteiger charge is 2.28. The van der Waals surface area contributed by atoms with Gasteiger partial charge >= 0.3 is 0 Å². The Balaban J connectivity index is 1.37. The van der Waals surface area contributed by atoms with Crippen LogP contribution >= 0.6 is 0 Å². The van der Waals surface area contributed by atoms with Crippen molar-refractivity contribution >= 4 is 10.9 Å². The lowest BCUT2D eigenvalue weighted by molar-refractivity contribution is 0.568. The van der Waals surface area contributed by atoms with Crippen molar-refractivity contribution in [2.45, 2.75) is 44.1 Å². The first-order valence-electron chi connectivity index (χ1n) is 10.3. The van der Waals surface area contributed by atoms with Gasteiger partial charge in [-0.3, -0.25) is 4.79 Å². The van der Waals surface area contributed by atoms with Gasteiger partial charge in [0.15, 0.2) is 0 Å². The molecule has 0 radical (unpaired) electrons. The van der Waals surface area contributed by atoms with E-state index >= 15 is 0 Å². The highest BCUT2D eigenvalue weighted by Crippen LogP contribution is 2.40. The van der Waals surface area contributed by atoms with E-state index in [-0.39, 0.29) is 5.56 Å². The molecule has 29 heavy (non-hydrogen) atoms. The molecule has 3 aromatic heterocycles. The topological polar surface area (TPSA) is 65.6 Å². The van der Waals surface area contributed by atoms with Crippen molar-refractivity contribution in [1.29, 1.82) is 0 Å². The Hall–Kier alpha value is -3.28. The number of aromatic nitrogens is 5. The molecule has 2 aliphatic carbocycles. The van der Waals surface area contributed by atoms with Crippen molar-refractivity contribution in [1.82, 2.24) is 24.3 Å². The number of nitrogens with zero attached hydrogens (tertiary/aromatic N) is 5. The molecule has 1 atom stereocenters. The van der Waals surface area contributed by atoms with E-state index < -0.39 is 0 Å². The second kappa shape index (κ2) is 6.37. The molecule has 0 amide bonds. The van der Waals surface area contributed by atoms with Crippen molar-refractivity contribution in [2.75, 3.05) is 0 Å². The predicted octanol–water partition coefficient (Wildman–Crippen LogP) is 3.58. The fourth-order valence-corrected chi connectivity index (χ4v) is 4.70. The van der Waals surface area contributed by atoms with Gasteiger partial charge in [-0.15, -0.1) is 0 Å². The maximum absolute atomic E-state index is 13.0. The molecular formula is C23H21N5O. The van der Waals surface area contributed by atoms with E-state index in [0.717, 1.165) is 30.4 Å². The van der Waals surface area contributed by atoms with Crippen LogP contribution in [0.25, 0.3) is 16.9 Å². The number of benzene rings is 1. The maximum atomic E-state index is 13.0. The summed E-state index contributed by atoms with van der Waals surface area (Å²) in [6.07, 6.45) is 12.5. The van der Waals surface area contributed by atoms with Crippen LogP contribution < -0.4 is 5.56 Å². The smallest absolute Gasteiger partial charge is 0.277 e. The molecular weight excluding hydrogens is 362 g/mol. The minimum absolute atomic E-state index is 0.0924. The molecule has 0 bridgehead atoms. The van der Waals surface area contributed by atoms with Gasteiger partial charge in [-0.25, -0.2) is 9.97 Å². The molecule has 1 fully saturated rings. The van der Waals surface area contributed by atoms with Gasteiger partial charge in [0.25, 0.3) is 11.5 Å². The lowest BCUT2D eigenvalue weighted by Gasteiger charge is -2.25. The second-order valence-corrected chi connectivity index (χ2v) is 8.09. The number of hydrogen-bond donors (Lipinski definition) is 0. The monoisotopic (exact) mass is 383 g/mol. The highest BCUT2D eigenvalue weighted by molar-refractivity contribution is 5.84. The van der Waals surface area contributed by atoms with Crippen LogP contribution in [-0.2, 0) is 12.8 Å². The lowest BCUT2D eigenvalue weighted by atomic mass is 9.80. The third-order valence-corrected chi connectivity index (χ3v) is 6.29. The normalized spacial score (nSPS) is 18.7. The maximum Gasteiger partial charge on any atom is 0.277 e. The van der Waals surface area contributed by atoms with E-state index in [1.54, 1.807) is 18.5 Å². The molecule has 0 unspecified atom stereocenters. The highest BCUT2D eigenvalue weighted by atomic mass is 16.1. The Bertz CT molecular complexity index is 1270. The van der Waals surface area contributed by atoms with Crippen LogP contribution in [0.2, 0.25) is 0 Å². The quantitative estimate of drug-likeness (QED) is 0.542. The van der Waals surface area contributed by atoms with Gasteiger partial charge in [0, 0.05) is 41.1 Å². The van der Waals surface area contributed by atoms with Crippen molar-refractivity contribution < 1.29 is 0 Å². The molecule has 2 aliphatic rings. The second-order valence-electron chi connectivity index (χ2n) is 8.09. The fraction of sp³-hybridized carbons (Fsp3) is 0.304. The van der Waals surface area contributed by atoms with Crippen LogP contribution in [0.4, 0.5) is 0 Å². The Kier molecular flexibility index (Phi) is 3.66. The Morgan fingerprint density at radius 3 is 2.69 bits per heavy atom. The van der Waals surface area contributed by atoms with Crippen molar-refractivity contribution in [3.63, 3.8) is 0 Å². The Labute approximate surface area is 167 Å². The molecule has 6 heteroatoms. The number of fused-ring (bicyclic) bond motifs is 2. The van der Waals surface area contributed by atoms with Gasteiger partial charge in [-0.05, 0) is 67.3 Å². The summed E-state index contributed by atoms with van der Waals surface area (Å²) in [7, 11) is 0. The minimum Gasteiger partial charge on any atom is -0.344 e. The lowest BCUT2D eigenvalue weighted by Crippen LogP contribution is -2.30. The average molecular weight is 383 g/mol. The van der Waals surface area contributed by atoms with Crippen molar-refractivity contribution in [3.05, 3.63) is 82.2 Å². The van der Waals surface area contributed by atoms with Crippen LogP contribution in [0.15, 0.2) is 59.9 Å². The summed E-state index contributed by atoms with van der Waals surface area (Å²) in [5.41, 5.74) is 4.54. The SMILES string of the molecule is O=c1c2c(cnn1-c1ncccn1)C[C@H](c1cccc3c1ccn3C1CC1)CC2. The summed E-state index contributed by atoms with van der Waals surface area (Å²) in [4.78, 5) is 21.3. The largest absolute Gasteiger partial charge is 0.344 e. The Morgan fingerprint density at radius 1 is 1.00 bits per heavy atom. The van der Waals surface area contributed by atoms with Crippen LogP contribution in [0.3, 0.4) is 0 Å². The van der Waals surface area contributed by atoms with E-state index in [2.05, 4.69) is 50.1 Å². The third-order valence-electron chi connectivity index (χ3n) is 6.29. The summed E-state index contributed by atoms with van der Waals surface area (Å²) < 4.78 is 3.74. The van der Waals surface area contributed by atoms with Crippen LogP contribution in [0.5, 0.6) is 0 Å². The molecule has 0 spiro atoms. The number of rotatable bonds is 3. The van der Waals surface area contributed by atoms with Gasteiger partial charge in [0.05, 0.1) is 6.20 Å². The molecule has 144 valence electrons. The Morgan fingerprint density at radius 2 is 1.86 bits per heavy atom. The van der Waals surface area contributed by atoms with Gasteiger partial charge in [-0.2, -0.15) is 9.78 Å². The summed E-state index contributed by atoms with van der Waals surface area (Å²) in [5.74, 6) is 0.736. The molecule has 1 saturated carbocycles. The minimum atomic E-state index is -0.0924. The van der Waals surface area contributed by atoms with Gasteiger partial charge in [0.1, 0.15) is 0 Å². The summed E-state index contributed by atoms with van der Waals surface area (Å²) >= 11 is 0. The molecule has 0 aliphatic heterocycles. The molecule has 0 saturated heterocycles. The van der Waals surface area contributed by atoms with Gasteiger partial charge < -0.3 is 4.57 Å². The first-order chi connectivity index (χ1) is 14.3. The van der Waals surface area contributed by atoms with Crippen molar-refractivity contribution in [2.24, 2.45) is 0 Å². The standard InChI is InChI=1S/C23H21N5O/c29-22-19-8-5-15(13-16(19)14-26-28(22)23-24-10-2-11-25-23)18-3-1-4-21-20(18)9-12-27(21)17-6-7-17/h1-4,9-12,14-15,17H,5-8,13H2/t15-/m1/s1. The molecule has 4 aromatic rings. The molecule has 1 aromatic carbocycles. The zero-order valence-corrected chi connectivity index (χ0v) is 16.0. The summed E-state index contributed by atoms with van der Waals surface area (Å²) in [6.45, 7) is 0. The van der Waals surface area contributed by atoms with Crippen LogP contribution in [0.1, 0.15) is 47.9 Å². The third kappa shape index (κ3) is 2.70. The number of hydrogen-bond acceptors (Lipinski definition) is 4. The molecule has 6 rings (SSSR count). The van der Waals surface area contributed by atoms with E-state index in [9.17, 15) is 4.79 Å². The zero-order chi connectivity index (χ0) is 19.4. The predicted molar refractivity (Wildman–Crippen MR) is 110 cm³/mol. The van der Waals surface area contributed by atoms with E-state index in [4.69, 9.17) is 0 Å². The molecule has 6 nitrogen and oxygen atoms in total. The fourth-order valence-electron chi connectivity index (χ4n) is 4.70. The van der Waals surface area contributed by atoms with E-state index in [1.807, 2.05) is 6.20 Å². The summed E-state index contributed by atoms with van der Waals surface area (Å²) in [6, 6.07) is 11.3. The summed E-state index contributed by atoms with van der Waals surface area (Å²) in [5, 5.41) is 5.72. The zero-order valence-electron chi connectivity index (χ0n) is 16.0. The molecule has 3 heterocycles. The van der Waals surface area contributed by atoms with Crippen LogP contribution in [0, 0.1) is 0 Å². The molecule has 0 N–H and O–H groups in total.